The van der Waals surface area contributed by atoms with Crippen molar-refractivity contribution in [3.05, 3.63) is 62.9 Å². The van der Waals surface area contributed by atoms with Gasteiger partial charge < -0.3 is 4.74 Å². The van der Waals surface area contributed by atoms with E-state index in [9.17, 15) is 35.2 Å². The summed E-state index contributed by atoms with van der Waals surface area (Å²) in [6.45, 7) is -0.278. The van der Waals surface area contributed by atoms with Gasteiger partial charge in [0, 0.05) is 0 Å². The van der Waals surface area contributed by atoms with Gasteiger partial charge in [0.25, 0.3) is 0 Å². The van der Waals surface area contributed by atoms with Gasteiger partial charge in [-0.1, -0.05) is 23.2 Å². The first-order valence-electron chi connectivity index (χ1n) is 7.51. The molecule has 29 heavy (non-hydrogen) atoms. The van der Waals surface area contributed by atoms with Crippen LogP contribution in [0.4, 0.5) is 22.0 Å². The van der Waals surface area contributed by atoms with Crippen molar-refractivity contribution in [3.63, 3.8) is 0 Å². The minimum absolute atomic E-state index is 0.0731. The van der Waals surface area contributed by atoms with E-state index in [0.717, 1.165) is 19.1 Å². The van der Waals surface area contributed by atoms with Crippen molar-refractivity contribution < 1.29 is 39.9 Å². The normalized spacial score (nSPS) is 12.7. The molecule has 1 N–H and O–H groups in total. The van der Waals surface area contributed by atoms with E-state index in [-0.39, 0.29) is 14.9 Å². The van der Waals surface area contributed by atoms with Crippen molar-refractivity contribution in [1.29, 1.82) is 0 Å². The third-order valence-electron chi connectivity index (χ3n) is 3.55. The van der Waals surface area contributed by atoms with E-state index in [1.165, 1.54) is 6.07 Å². The van der Waals surface area contributed by atoms with E-state index >= 15 is 0 Å². The second-order valence-corrected chi connectivity index (χ2v) is 8.10. The number of halogens is 7. The van der Waals surface area contributed by atoms with Crippen LogP contribution in [-0.2, 0) is 26.2 Å². The summed E-state index contributed by atoms with van der Waals surface area (Å²) < 4.78 is 97.3. The molecule has 158 valence electrons. The average molecular weight is 478 g/mol. The summed E-state index contributed by atoms with van der Waals surface area (Å²) in [6.07, 6.45) is 0. The lowest BCUT2D eigenvalue weighted by atomic mass is 10.2. The maximum absolute atomic E-state index is 13.6. The first-order valence-corrected chi connectivity index (χ1v) is 9.75. The van der Waals surface area contributed by atoms with E-state index < -0.39 is 63.3 Å². The minimum Gasteiger partial charge on any atom is -0.459 e. The first kappa shape index (κ1) is 23.3. The Morgan fingerprint density at radius 1 is 1.00 bits per heavy atom. The number of ether oxygens (including phenoxy) is 1. The van der Waals surface area contributed by atoms with Crippen LogP contribution in [0.1, 0.15) is 12.5 Å². The number of hydrogen-bond donors (Lipinski definition) is 1. The standard InChI is InChI=1S/C16H10Cl2F5NO4S/c1-6(24-29(26,27)7-2-3-9(17)10(18)4-7)16(25)28-5-8-11(19)13(21)15(23)14(22)12(8)20/h2-4,6,24H,5H2,1H3/t6-/m1/s1. The summed E-state index contributed by atoms with van der Waals surface area (Å²) in [7, 11) is -4.27. The molecule has 0 bridgehead atoms. The molecular weight excluding hydrogens is 468 g/mol. The molecule has 5 nitrogen and oxygen atoms in total. The minimum atomic E-state index is -4.27. The second kappa shape index (κ2) is 8.82. The Morgan fingerprint density at radius 2 is 1.52 bits per heavy atom. The van der Waals surface area contributed by atoms with Crippen LogP contribution < -0.4 is 4.72 Å². The fourth-order valence-corrected chi connectivity index (χ4v) is 3.62. The Kier molecular flexibility index (Phi) is 7.10. The van der Waals surface area contributed by atoms with Crippen molar-refractivity contribution in [1.82, 2.24) is 4.72 Å². The molecule has 0 aliphatic heterocycles. The molecule has 13 heteroatoms. The highest BCUT2D eigenvalue weighted by Crippen LogP contribution is 2.25. The maximum atomic E-state index is 13.6. The van der Waals surface area contributed by atoms with Gasteiger partial charge >= 0.3 is 5.97 Å². The second-order valence-electron chi connectivity index (χ2n) is 5.58. The van der Waals surface area contributed by atoms with E-state index in [2.05, 4.69) is 4.74 Å². The van der Waals surface area contributed by atoms with E-state index in [1.54, 1.807) is 0 Å². The number of carbonyl (C=O) groups excluding carboxylic acids is 1. The van der Waals surface area contributed by atoms with Crippen LogP contribution in [-0.4, -0.2) is 20.4 Å². The molecule has 0 saturated carbocycles. The number of nitrogens with one attached hydrogen (secondary N) is 1. The van der Waals surface area contributed by atoms with Gasteiger partial charge in [-0.15, -0.1) is 0 Å². The van der Waals surface area contributed by atoms with Crippen LogP contribution in [0.15, 0.2) is 23.1 Å². The zero-order chi connectivity index (χ0) is 22.1. The lowest BCUT2D eigenvalue weighted by Crippen LogP contribution is -2.39. The lowest BCUT2D eigenvalue weighted by Gasteiger charge is -2.15. The number of benzene rings is 2. The van der Waals surface area contributed by atoms with E-state index in [4.69, 9.17) is 23.2 Å². The van der Waals surface area contributed by atoms with Gasteiger partial charge in [0.05, 0.1) is 20.5 Å². The summed E-state index contributed by atoms with van der Waals surface area (Å²) >= 11 is 11.4. The Bertz CT molecular complexity index is 1050. The Labute approximate surface area is 171 Å². The number of esters is 1. The first-order chi connectivity index (χ1) is 13.4. The predicted molar refractivity (Wildman–Crippen MR) is 92.3 cm³/mol. The Balaban J connectivity index is 2.13. The van der Waals surface area contributed by atoms with Gasteiger partial charge in [0.2, 0.25) is 15.8 Å². The average Bonchev–Trinajstić information content (AvgIpc) is 2.66. The van der Waals surface area contributed by atoms with Crippen molar-refractivity contribution in [2.45, 2.75) is 24.5 Å². The SMILES string of the molecule is C[C@@H](NS(=O)(=O)c1ccc(Cl)c(Cl)c1)C(=O)OCc1c(F)c(F)c(F)c(F)c1F. The monoisotopic (exact) mass is 477 g/mol. The zero-order valence-corrected chi connectivity index (χ0v) is 16.5. The predicted octanol–water partition coefficient (Wildman–Crippen LogP) is 4.10. The van der Waals surface area contributed by atoms with Crippen molar-refractivity contribution in [2.24, 2.45) is 0 Å². The van der Waals surface area contributed by atoms with E-state index in [0.29, 0.717) is 0 Å². The topological polar surface area (TPSA) is 72.5 Å². The summed E-state index contributed by atoms with van der Waals surface area (Å²) in [6, 6.07) is 1.74. The molecule has 0 unspecified atom stereocenters. The molecular formula is C16H10Cl2F5NO4S. The molecule has 0 aliphatic carbocycles. The van der Waals surface area contributed by atoms with Crippen LogP contribution >= 0.6 is 23.2 Å². The molecule has 0 aliphatic rings. The molecule has 0 saturated heterocycles. The Morgan fingerprint density at radius 3 is 2.03 bits per heavy atom. The summed E-state index contributed by atoms with van der Waals surface area (Å²) in [5.74, 6) is -12.4. The molecule has 0 radical (unpaired) electrons. The lowest BCUT2D eigenvalue weighted by molar-refractivity contribution is -0.146. The van der Waals surface area contributed by atoms with Crippen molar-refractivity contribution >= 4 is 39.2 Å². The van der Waals surface area contributed by atoms with Gasteiger partial charge in [-0.05, 0) is 25.1 Å². The molecule has 0 amide bonds. The summed E-state index contributed by atoms with van der Waals surface area (Å²) in [5.41, 5.74) is -1.38. The van der Waals surface area contributed by atoms with Crippen LogP contribution in [0.5, 0.6) is 0 Å². The quantitative estimate of drug-likeness (QED) is 0.294. The van der Waals surface area contributed by atoms with Gasteiger partial charge in [0.15, 0.2) is 23.3 Å². The molecule has 2 rings (SSSR count). The molecule has 0 aromatic heterocycles. The highest BCUT2D eigenvalue weighted by Gasteiger charge is 2.28. The van der Waals surface area contributed by atoms with Gasteiger partial charge in [-0.2, -0.15) is 4.72 Å². The smallest absolute Gasteiger partial charge is 0.324 e. The largest absolute Gasteiger partial charge is 0.459 e. The molecule has 0 fully saturated rings. The Hall–Kier alpha value is -1.95. The molecule has 1 atom stereocenters. The molecule has 0 heterocycles. The third kappa shape index (κ3) is 4.97. The highest BCUT2D eigenvalue weighted by molar-refractivity contribution is 7.89. The third-order valence-corrected chi connectivity index (χ3v) is 5.82. The summed E-state index contributed by atoms with van der Waals surface area (Å²) in [5, 5.41) is 0.0111. The summed E-state index contributed by atoms with van der Waals surface area (Å²) in [4.78, 5) is 11.6. The van der Waals surface area contributed by atoms with Crippen molar-refractivity contribution in [3.8, 4) is 0 Å². The number of rotatable bonds is 6. The van der Waals surface area contributed by atoms with Crippen LogP contribution in [0.2, 0.25) is 10.0 Å². The maximum Gasteiger partial charge on any atom is 0.324 e. The molecule has 2 aromatic carbocycles. The fourth-order valence-electron chi connectivity index (χ4n) is 2.04. The number of hydrogen-bond acceptors (Lipinski definition) is 4. The van der Waals surface area contributed by atoms with Crippen molar-refractivity contribution in [2.75, 3.05) is 0 Å². The number of sulfonamides is 1. The fraction of sp³-hybridized carbons (Fsp3) is 0.188. The van der Waals surface area contributed by atoms with Gasteiger partial charge in [-0.25, -0.2) is 30.4 Å². The molecule has 2 aromatic rings. The van der Waals surface area contributed by atoms with Crippen LogP contribution in [0, 0.1) is 29.1 Å². The van der Waals surface area contributed by atoms with Gasteiger partial charge in [-0.3, -0.25) is 4.79 Å². The van der Waals surface area contributed by atoms with E-state index in [1.807, 2.05) is 4.72 Å². The highest BCUT2D eigenvalue weighted by atomic mass is 35.5. The number of carbonyl (C=O) groups is 1. The van der Waals surface area contributed by atoms with Crippen LogP contribution in [0.3, 0.4) is 0 Å². The molecule has 0 spiro atoms. The van der Waals surface area contributed by atoms with Crippen LogP contribution in [0.25, 0.3) is 0 Å². The van der Waals surface area contributed by atoms with Gasteiger partial charge in [0.1, 0.15) is 12.6 Å². The zero-order valence-electron chi connectivity index (χ0n) is 14.2.